The molecule has 1 aliphatic rings. The first-order valence-electron chi connectivity index (χ1n) is 15.5. The second kappa shape index (κ2) is 16.0. The summed E-state index contributed by atoms with van der Waals surface area (Å²) in [5.41, 5.74) is 8.62. The number of nitrogens with two attached hydrogens (primary N) is 1. The van der Waals surface area contributed by atoms with Crippen LogP contribution in [0.2, 0.25) is 0 Å². The number of nitro groups is 1. The predicted molar refractivity (Wildman–Crippen MR) is 183 cm³/mol. The lowest BCUT2D eigenvalue weighted by Crippen LogP contribution is -2.44. The molecule has 12 nitrogen and oxygen atoms in total. The lowest BCUT2D eigenvalue weighted by Gasteiger charge is -2.25. The van der Waals surface area contributed by atoms with Gasteiger partial charge in [-0.05, 0) is 59.4 Å². The molecule has 0 bridgehead atoms. The van der Waals surface area contributed by atoms with Crippen LogP contribution in [0.5, 0.6) is 5.75 Å². The molecule has 1 aliphatic carbocycles. The Kier molecular flexibility index (Phi) is 11.4. The highest BCUT2D eigenvalue weighted by atomic mass is 32.2. The Hall–Kier alpha value is -5.27. The van der Waals surface area contributed by atoms with Crippen LogP contribution in [0, 0.1) is 10.1 Å². The number of nitro benzene ring substituents is 1. The second-order valence-electron chi connectivity index (χ2n) is 11.4. The third-order valence-electron chi connectivity index (χ3n) is 8.08. The van der Waals surface area contributed by atoms with E-state index in [2.05, 4.69) is 5.32 Å². The largest absolute Gasteiger partial charge is 0.489 e. The number of primary amides is 1. The van der Waals surface area contributed by atoms with Crippen molar-refractivity contribution >= 4 is 40.3 Å². The molecule has 0 radical (unpaired) electrons. The topological polar surface area (TPSA) is 174 Å². The quantitative estimate of drug-likeness (QED) is 0.0787. The van der Waals surface area contributed by atoms with Gasteiger partial charge in [0, 0.05) is 18.5 Å². The lowest BCUT2D eigenvalue weighted by molar-refractivity contribution is -0.383. The molecule has 1 unspecified atom stereocenters. The Morgan fingerprint density at radius 2 is 1.58 bits per heavy atom. The van der Waals surface area contributed by atoms with Crippen LogP contribution < -0.4 is 20.1 Å². The molecule has 1 fully saturated rings. The minimum Gasteiger partial charge on any atom is -0.489 e. The average molecular weight is 673 g/mol. The van der Waals surface area contributed by atoms with E-state index in [1.165, 1.54) is 12.1 Å². The summed E-state index contributed by atoms with van der Waals surface area (Å²) in [5.74, 6) is -0.534. The fourth-order valence-electron chi connectivity index (χ4n) is 5.66. The van der Waals surface area contributed by atoms with E-state index in [1.807, 2.05) is 54.6 Å². The number of hydrogen-bond acceptors (Lipinski definition) is 8. The number of amides is 2. The summed E-state index contributed by atoms with van der Waals surface area (Å²) in [4.78, 5) is 36.7. The third-order valence-corrected chi connectivity index (χ3v) is 8.78. The van der Waals surface area contributed by atoms with Crippen molar-refractivity contribution < 1.29 is 32.7 Å². The highest BCUT2D eigenvalue weighted by Crippen LogP contribution is 2.33. The smallest absolute Gasteiger partial charge is 0.405 e. The van der Waals surface area contributed by atoms with E-state index in [-0.39, 0.29) is 29.5 Å². The van der Waals surface area contributed by atoms with Crippen LogP contribution in [0.3, 0.4) is 0 Å². The van der Waals surface area contributed by atoms with Gasteiger partial charge in [0.2, 0.25) is 0 Å². The van der Waals surface area contributed by atoms with Crippen molar-refractivity contribution in [1.29, 1.82) is 0 Å². The minimum atomic E-state index is -2.96. The molecule has 0 saturated heterocycles. The fourth-order valence-corrected chi connectivity index (χ4v) is 6.22. The third kappa shape index (κ3) is 8.96. The van der Waals surface area contributed by atoms with E-state index in [0.29, 0.717) is 22.2 Å². The number of anilines is 2. The number of nitrogens with zero attached hydrogens (tertiary/aromatic N) is 2. The Morgan fingerprint density at radius 1 is 0.938 bits per heavy atom. The van der Waals surface area contributed by atoms with Crippen LogP contribution >= 0.6 is 0 Å². The molecule has 4 N–H and O–H groups in total. The van der Waals surface area contributed by atoms with Gasteiger partial charge in [0.25, 0.3) is 22.9 Å². The van der Waals surface area contributed by atoms with Crippen molar-refractivity contribution in [2.24, 2.45) is 5.73 Å². The fraction of sp³-hybridized carbons (Fsp3) is 0.257. The van der Waals surface area contributed by atoms with Crippen LogP contribution in [0.4, 0.5) is 21.9 Å². The molecule has 0 aliphatic heterocycles. The summed E-state index contributed by atoms with van der Waals surface area (Å²) in [6, 6.07) is 28.6. The van der Waals surface area contributed by atoms with Crippen molar-refractivity contribution in [3.05, 3.63) is 118 Å². The molecule has 0 spiro atoms. The molecule has 0 heterocycles. The maximum atomic E-state index is 13.6. The zero-order chi connectivity index (χ0) is 34.0. The molecule has 1 saturated carbocycles. The first-order valence-corrected chi connectivity index (χ1v) is 16.6. The first kappa shape index (κ1) is 34.1. The summed E-state index contributed by atoms with van der Waals surface area (Å²) in [5, 5.41) is 15.1. The Bertz CT molecular complexity index is 1750. The molecule has 250 valence electrons. The zero-order valence-corrected chi connectivity index (χ0v) is 26.8. The molecule has 4 aromatic carbocycles. The SMILES string of the molecule is NC(=O)O[C@@H](Cc1ccc(OCc2ccc(-c3ccccc3)cc2)cc1)C(=O)N(c1ccc(NC2CCCCC2)c([N+](=O)[O-])c1)S(=O)O. The van der Waals surface area contributed by atoms with Gasteiger partial charge in [-0.2, -0.15) is 0 Å². The van der Waals surface area contributed by atoms with Crippen LogP contribution in [0.15, 0.2) is 97.1 Å². The first-order chi connectivity index (χ1) is 23.2. The van der Waals surface area contributed by atoms with Gasteiger partial charge >= 0.3 is 6.09 Å². The Morgan fingerprint density at radius 3 is 2.21 bits per heavy atom. The molecule has 5 rings (SSSR count). The van der Waals surface area contributed by atoms with E-state index in [1.54, 1.807) is 24.3 Å². The van der Waals surface area contributed by atoms with Crippen LogP contribution in [0.25, 0.3) is 11.1 Å². The highest BCUT2D eigenvalue weighted by molar-refractivity contribution is 7.81. The molecule has 0 aromatic heterocycles. The van der Waals surface area contributed by atoms with Crippen LogP contribution in [-0.4, -0.2) is 37.8 Å². The van der Waals surface area contributed by atoms with Gasteiger partial charge < -0.3 is 20.5 Å². The molecular formula is C35H36N4O8S. The van der Waals surface area contributed by atoms with Crippen LogP contribution in [0.1, 0.15) is 43.2 Å². The van der Waals surface area contributed by atoms with Gasteiger partial charge in [0.15, 0.2) is 6.10 Å². The van der Waals surface area contributed by atoms with E-state index in [0.717, 1.165) is 54.9 Å². The number of carbonyl (C=O) groups excluding carboxylic acids is 2. The number of carbonyl (C=O) groups is 2. The summed E-state index contributed by atoms with van der Waals surface area (Å²) < 4.78 is 34.0. The second-order valence-corrected chi connectivity index (χ2v) is 12.3. The normalized spacial score (nSPS) is 14.4. The maximum Gasteiger partial charge on any atom is 0.405 e. The Labute approximate surface area is 280 Å². The lowest BCUT2D eigenvalue weighted by atomic mass is 9.95. The van der Waals surface area contributed by atoms with Gasteiger partial charge in [0.05, 0.1) is 10.6 Å². The number of nitrogens with one attached hydrogen (secondary N) is 1. The summed E-state index contributed by atoms with van der Waals surface area (Å²) in [6.07, 6.45) is 1.79. The molecule has 2 atom stereocenters. The predicted octanol–water partition coefficient (Wildman–Crippen LogP) is 6.76. The van der Waals surface area contributed by atoms with Crippen molar-refractivity contribution in [2.45, 2.75) is 57.3 Å². The van der Waals surface area contributed by atoms with Gasteiger partial charge in [-0.1, -0.05) is 86.0 Å². The molecule has 48 heavy (non-hydrogen) atoms. The van der Waals surface area contributed by atoms with Crippen molar-refractivity contribution in [2.75, 3.05) is 9.62 Å². The minimum absolute atomic E-state index is 0.0598. The van der Waals surface area contributed by atoms with Crippen molar-refractivity contribution in [3.8, 4) is 16.9 Å². The van der Waals surface area contributed by atoms with Gasteiger partial charge in [-0.3, -0.25) is 19.5 Å². The summed E-state index contributed by atoms with van der Waals surface area (Å²) in [7, 11) is 0. The molecule has 2 amide bonds. The zero-order valence-electron chi connectivity index (χ0n) is 26.0. The standard InChI is InChI=1S/C35H36N4O8S/c36-35(41)47-33(21-24-13-18-30(19-14-24)46-23-25-11-15-27(16-12-25)26-7-3-1-4-8-26)34(40)38(48(44)45)29-17-20-31(32(22-29)39(42)43)37-28-9-5-2-6-10-28/h1,3-4,7-8,11-20,22,28,33,37H,2,5-6,9-10,21,23H2,(H2,36,41)(H,44,45)/t33-/m0/s1. The highest BCUT2D eigenvalue weighted by Gasteiger charge is 2.33. The molecule has 4 aromatic rings. The number of ether oxygens (including phenoxy) is 2. The molecule has 13 heteroatoms. The summed E-state index contributed by atoms with van der Waals surface area (Å²) in [6.45, 7) is 0.318. The number of hydrogen-bond donors (Lipinski definition) is 3. The monoisotopic (exact) mass is 672 g/mol. The number of benzene rings is 4. The van der Waals surface area contributed by atoms with Gasteiger partial charge in [0.1, 0.15) is 18.0 Å². The van der Waals surface area contributed by atoms with Gasteiger partial charge in [-0.15, -0.1) is 0 Å². The van der Waals surface area contributed by atoms with Crippen molar-refractivity contribution in [3.63, 3.8) is 0 Å². The summed E-state index contributed by atoms with van der Waals surface area (Å²) >= 11 is -2.96. The van der Waals surface area contributed by atoms with E-state index in [4.69, 9.17) is 15.2 Å². The van der Waals surface area contributed by atoms with E-state index >= 15 is 0 Å². The van der Waals surface area contributed by atoms with Gasteiger partial charge in [-0.25, -0.2) is 13.3 Å². The van der Waals surface area contributed by atoms with Crippen molar-refractivity contribution in [1.82, 2.24) is 0 Å². The van der Waals surface area contributed by atoms with E-state index in [9.17, 15) is 28.5 Å². The number of rotatable bonds is 13. The molecular weight excluding hydrogens is 636 g/mol. The van der Waals surface area contributed by atoms with E-state index < -0.39 is 34.3 Å². The van der Waals surface area contributed by atoms with Crippen LogP contribution in [-0.2, 0) is 33.8 Å². The Balaban J connectivity index is 1.27. The maximum absolute atomic E-state index is 13.6. The average Bonchev–Trinajstić information content (AvgIpc) is 3.09.